The molecule has 1 heterocycles. The number of rotatable bonds is 6. The van der Waals surface area contributed by atoms with Crippen LogP contribution in [0, 0.1) is 5.92 Å². The molecule has 2 aromatic rings. The van der Waals surface area contributed by atoms with Crippen LogP contribution in [0.3, 0.4) is 0 Å². The van der Waals surface area contributed by atoms with Gasteiger partial charge in [0.05, 0.1) is 18.5 Å². The number of imidazole rings is 1. The lowest BCUT2D eigenvalue weighted by molar-refractivity contribution is 0.419. The number of nitrogens with zero attached hydrogens (tertiary/aromatic N) is 2. The third-order valence-electron chi connectivity index (χ3n) is 3.32. The van der Waals surface area contributed by atoms with E-state index in [-0.39, 0.29) is 0 Å². The SMILES string of the molecule is COc1cccc2c1nc(CCl)n2CCCC(C)C. The standard InChI is InChI=1S/C15H21ClN2O/c1-11(2)6-5-9-18-12-7-4-8-13(19-3)15(12)17-14(18)10-16/h4,7-8,11H,5-6,9-10H2,1-3H3. The normalized spacial score (nSPS) is 11.4. The predicted molar refractivity (Wildman–Crippen MR) is 79.9 cm³/mol. The van der Waals surface area contributed by atoms with Gasteiger partial charge in [0.25, 0.3) is 0 Å². The number of aryl methyl sites for hydroxylation is 1. The Balaban J connectivity index is 2.35. The van der Waals surface area contributed by atoms with Crippen LogP contribution in [-0.4, -0.2) is 16.7 Å². The lowest BCUT2D eigenvalue weighted by atomic mass is 10.1. The lowest BCUT2D eigenvalue weighted by Crippen LogP contribution is -2.03. The summed E-state index contributed by atoms with van der Waals surface area (Å²) in [7, 11) is 1.67. The van der Waals surface area contributed by atoms with Crippen LogP contribution < -0.4 is 4.74 Å². The van der Waals surface area contributed by atoms with Gasteiger partial charge in [-0.1, -0.05) is 19.9 Å². The van der Waals surface area contributed by atoms with E-state index in [1.807, 2.05) is 12.1 Å². The summed E-state index contributed by atoms with van der Waals surface area (Å²) in [6, 6.07) is 6.02. The quantitative estimate of drug-likeness (QED) is 0.741. The highest BCUT2D eigenvalue weighted by molar-refractivity contribution is 6.16. The zero-order chi connectivity index (χ0) is 13.8. The fraction of sp³-hybridized carbons (Fsp3) is 0.533. The molecule has 0 radical (unpaired) electrons. The first kappa shape index (κ1) is 14.2. The Kier molecular flexibility index (Phi) is 4.70. The van der Waals surface area contributed by atoms with Crippen molar-refractivity contribution in [3.05, 3.63) is 24.0 Å². The van der Waals surface area contributed by atoms with Crippen molar-refractivity contribution in [2.45, 2.75) is 39.1 Å². The minimum absolute atomic E-state index is 0.430. The molecule has 0 aliphatic rings. The van der Waals surface area contributed by atoms with Crippen molar-refractivity contribution in [1.29, 1.82) is 0 Å². The molecule has 0 spiro atoms. The molecular weight excluding hydrogens is 260 g/mol. The highest BCUT2D eigenvalue weighted by atomic mass is 35.5. The highest BCUT2D eigenvalue weighted by Gasteiger charge is 2.13. The van der Waals surface area contributed by atoms with Crippen molar-refractivity contribution in [1.82, 2.24) is 9.55 Å². The minimum atomic E-state index is 0.430. The number of hydrogen-bond acceptors (Lipinski definition) is 2. The molecule has 1 aromatic carbocycles. The zero-order valence-corrected chi connectivity index (χ0v) is 12.6. The van der Waals surface area contributed by atoms with Gasteiger partial charge >= 0.3 is 0 Å². The fourth-order valence-electron chi connectivity index (χ4n) is 2.34. The summed E-state index contributed by atoms with van der Waals surface area (Å²) in [4.78, 5) is 4.61. The number of aromatic nitrogens is 2. The molecule has 0 unspecified atom stereocenters. The summed E-state index contributed by atoms with van der Waals surface area (Å²) >= 11 is 6.02. The van der Waals surface area contributed by atoms with E-state index in [9.17, 15) is 0 Å². The molecule has 0 saturated heterocycles. The number of ether oxygens (including phenoxy) is 1. The number of methoxy groups -OCH3 is 1. The maximum atomic E-state index is 6.02. The number of halogens is 1. The van der Waals surface area contributed by atoms with E-state index in [1.54, 1.807) is 7.11 Å². The molecule has 0 bridgehead atoms. The van der Waals surface area contributed by atoms with Crippen molar-refractivity contribution in [3.8, 4) is 5.75 Å². The van der Waals surface area contributed by atoms with Crippen molar-refractivity contribution in [2.75, 3.05) is 7.11 Å². The van der Waals surface area contributed by atoms with E-state index in [0.717, 1.165) is 41.5 Å². The van der Waals surface area contributed by atoms with Crippen LogP contribution in [0.4, 0.5) is 0 Å². The largest absolute Gasteiger partial charge is 0.494 e. The Bertz CT molecular complexity index is 548. The van der Waals surface area contributed by atoms with Gasteiger partial charge in [0.2, 0.25) is 0 Å². The average molecular weight is 281 g/mol. The second kappa shape index (κ2) is 6.29. The van der Waals surface area contributed by atoms with Crippen molar-refractivity contribution in [3.63, 3.8) is 0 Å². The molecule has 1 aromatic heterocycles. The predicted octanol–water partition coefficient (Wildman–Crippen LogP) is 4.22. The Hall–Kier alpha value is -1.22. The van der Waals surface area contributed by atoms with Crippen LogP contribution in [0.1, 0.15) is 32.5 Å². The van der Waals surface area contributed by atoms with Gasteiger partial charge in [-0.05, 0) is 30.9 Å². The number of hydrogen-bond donors (Lipinski definition) is 0. The van der Waals surface area contributed by atoms with Crippen molar-refractivity contribution < 1.29 is 4.74 Å². The van der Waals surface area contributed by atoms with Gasteiger partial charge in [0, 0.05) is 6.54 Å². The minimum Gasteiger partial charge on any atom is -0.494 e. The smallest absolute Gasteiger partial charge is 0.146 e. The first-order chi connectivity index (χ1) is 9.17. The Morgan fingerprint density at radius 1 is 1.37 bits per heavy atom. The summed E-state index contributed by atoms with van der Waals surface area (Å²) < 4.78 is 7.58. The maximum absolute atomic E-state index is 6.02. The molecule has 2 rings (SSSR count). The molecule has 0 fully saturated rings. The van der Waals surface area contributed by atoms with E-state index in [0.29, 0.717) is 5.88 Å². The second-order valence-corrected chi connectivity index (χ2v) is 5.44. The molecule has 0 saturated carbocycles. The Labute approximate surface area is 119 Å². The molecule has 0 amide bonds. The van der Waals surface area contributed by atoms with E-state index in [1.165, 1.54) is 6.42 Å². The molecule has 4 heteroatoms. The molecule has 3 nitrogen and oxygen atoms in total. The van der Waals surface area contributed by atoms with Crippen LogP contribution in [0.15, 0.2) is 18.2 Å². The molecule has 0 aliphatic carbocycles. The third-order valence-corrected chi connectivity index (χ3v) is 3.56. The number of fused-ring (bicyclic) bond motifs is 1. The second-order valence-electron chi connectivity index (χ2n) is 5.18. The maximum Gasteiger partial charge on any atom is 0.146 e. The van der Waals surface area contributed by atoms with Crippen molar-refractivity contribution in [2.24, 2.45) is 5.92 Å². The molecule has 0 aliphatic heterocycles. The Morgan fingerprint density at radius 3 is 2.79 bits per heavy atom. The Morgan fingerprint density at radius 2 is 2.16 bits per heavy atom. The van der Waals surface area contributed by atoms with E-state index in [2.05, 4.69) is 29.5 Å². The average Bonchev–Trinajstić information content (AvgIpc) is 2.76. The first-order valence-electron chi connectivity index (χ1n) is 6.75. The first-order valence-corrected chi connectivity index (χ1v) is 7.29. The summed E-state index contributed by atoms with van der Waals surface area (Å²) in [6.07, 6.45) is 2.36. The lowest BCUT2D eigenvalue weighted by Gasteiger charge is -2.09. The molecular formula is C15H21ClN2O. The number of benzene rings is 1. The molecule has 19 heavy (non-hydrogen) atoms. The summed E-state index contributed by atoms with van der Waals surface area (Å²) in [5.74, 6) is 2.89. The molecule has 0 atom stereocenters. The van der Waals surface area contributed by atoms with Crippen LogP contribution in [0.2, 0.25) is 0 Å². The summed E-state index contributed by atoms with van der Waals surface area (Å²) in [5.41, 5.74) is 2.02. The van der Waals surface area contributed by atoms with Gasteiger partial charge < -0.3 is 9.30 Å². The van der Waals surface area contributed by atoms with E-state index in [4.69, 9.17) is 16.3 Å². The van der Waals surface area contributed by atoms with Crippen LogP contribution in [-0.2, 0) is 12.4 Å². The van der Waals surface area contributed by atoms with Crippen molar-refractivity contribution >= 4 is 22.6 Å². The van der Waals surface area contributed by atoms with E-state index >= 15 is 0 Å². The number of para-hydroxylation sites is 1. The summed E-state index contributed by atoms with van der Waals surface area (Å²) in [6.45, 7) is 5.46. The van der Waals surface area contributed by atoms with Gasteiger partial charge in [0.1, 0.15) is 17.1 Å². The monoisotopic (exact) mass is 280 g/mol. The molecule has 104 valence electrons. The van der Waals surface area contributed by atoms with Crippen LogP contribution in [0.25, 0.3) is 11.0 Å². The zero-order valence-electron chi connectivity index (χ0n) is 11.8. The number of alkyl halides is 1. The topological polar surface area (TPSA) is 27.1 Å². The van der Waals surface area contributed by atoms with Gasteiger partial charge in [-0.25, -0.2) is 4.98 Å². The van der Waals surface area contributed by atoms with Crippen LogP contribution in [0.5, 0.6) is 5.75 Å². The van der Waals surface area contributed by atoms with E-state index < -0.39 is 0 Å². The summed E-state index contributed by atoms with van der Waals surface area (Å²) in [5, 5.41) is 0. The van der Waals surface area contributed by atoms with Gasteiger partial charge in [-0.3, -0.25) is 0 Å². The highest BCUT2D eigenvalue weighted by Crippen LogP contribution is 2.27. The fourth-order valence-corrected chi connectivity index (χ4v) is 2.55. The third kappa shape index (κ3) is 3.03. The van der Waals surface area contributed by atoms with Gasteiger partial charge in [0.15, 0.2) is 0 Å². The van der Waals surface area contributed by atoms with Gasteiger partial charge in [-0.2, -0.15) is 0 Å². The molecule has 0 N–H and O–H groups in total. The van der Waals surface area contributed by atoms with Gasteiger partial charge in [-0.15, -0.1) is 11.6 Å². The van der Waals surface area contributed by atoms with Crippen LogP contribution >= 0.6 is 11.6 Å².